The fourth-order valence-electron chi connectivity index (χ4n) is 4.85. The lowest BCUT2D eigenvalue weighted by Crippen LogP contribution is -2.58. The van der Waals surface area contributed by atoms with Gasteiger partial charge in [0.1, 0.15) is 11.7 Å². The summed E-state index contributed by atoms with van der Waals surface area (Å²) in [7, 11) is 1.59. The number of anilines is 1. The monoisotopic (exact) mass is 490 g/mol. The molecule has 2 saturated heterocycles. The van der Waals surface area contributed by atoms with Crippen molar-refractivity contribution in [2.75, 3.05) is 44.7 Å². The molecule has 4 rings (SSSR count). The van der Waals surface area contributed by atoms with Gasteiger partial charge in [-0.05, 0) is 50.1 Å². The highest BCUT2D eigenvalue weighted by Crippen LogP contribution is 2.29. The highest BCUT2D eigenvalue weighted by molar-refractivity contribution is 6.33. The van der Waals surface area contributed by atoms with E-state index in [4.69, 9.17) is 28.6 Å². The van der Waals surface area contributed by atoms with Gasteiger partial charge in [0.25, 0.3) is 5.91 Å². The van der Waals surface area contributed by atoms with E-state index in [1.165, 1.54) is 0 Å². The van der Waals surface area contributed by atoms with Crippen LogP contribution in [0.15, 0.2) is 36.5 Å². The van der Waals surface area contributed by atoms with Crippen molar-refractivity contribution in [2.45, 2.75) is 31.8 Å². The van der Waals surface area contributed by atoms with Crippen molar-refractivity contribution in [3.05, 3.63) is 57.7 Å². The van der Waals surface area contributed by atoms with Gasteiger partial charge in [-0.15, -0.1) is 0 Å². The average Bonchev–Trinajstić information content (AvgIpc) is 2.83. The molecule has 2 fully saturated rings. The molecule has 0 radical (unpaired) electrons. The van der Waals surface area contributed by atoms with Gasteiger partial charge in [-0.3, -0.25) is 15.1 Å². The highest BCUT2D eigenvalue weighted by Gasteiger charge is 2.33. The van der Waals surface area contributed by atoms with Gasteiger partial charge in [-0.2, -0.15) is 0 Å². The van der Waals surface area contributed by atoms with Crippen LogP contribution in [0.25, 0.3) is 0 Å². The van der Waals surface area contributed by atoms with Gasteiger partial charge in [0.05, 0.1) is 10.6 Å². The van der Waals surface area contributed by atoms with Crippen LogP contribution < -0.4 is 10.2 Å². The summed E-state index contributed by atoms with van der Waals surface area (Å²) >= 11 is 12.5. The summed E-state index contributed by atoms with van der Waals surface area (Å²) in [6.45, 7) is 6.64. The zero-order valence-electron chi connectivity index (χ0n) is 19.0. The standard InChI is InChI=1S/C24H30Cl2N6O.H2/c1-16-15-31(23-21(26)13-18(14-29-23)24(33)28-2)11-12-32(16)20-7-9-30(10-8-20)22(27)17-3-5-19(25)6-4-17;/h3-6,13-14,16,20,27H,7-12,15H2,1-2H3,(H,28,33);1H/t16-;/m0./s1. The van der Waals surface area contributed by atoms with Crippen LogP contribution in [0.2, 0.25) is 10.0 Å². The number of hydrogen-bond donors (Lipinski definition) is 2. The summed E-state index contributed by atoms with van der Waals surface area (Å²) in [6.07, 6.45) is 3.67. The lowest BCUT2D eigenvalue weighted by atomic mass is 9.99. The summed E-state index contributed by atoms with van der Waals surface area (Å²) in [5.41, 5.74) is 1.38. The molecule has 9 heteroatoms. The SMILES string of the molecule is CNC(=O)c1cnc(N2CCN(C3CCN(C(=N)c4ccc(Cl)cc4)CC3)[C@@H](C)C2)c(Cl)c1.[HH]. The zero-order valence-corrected chi connectivity index (χ0v) is 20.5. The number of piperidine rings is 1. The highest BCUT2D eigenvalue weighted by atomic mass is 35.5. The molecular weight excluding hydrogens is 459 g/mol. The van der Waals surface area contributed by atoms with Crippen LogP contribution in [0, 0.1) is 5.41 Å². The smallest absolute Gasteiger partial charge is 0.252 e. The van der Waals surface area contributed by atoms with Gasteiger partial charge < -0.3 is 15.1 Å². The second kappa shape index (κ2) is 10.3. The third-order valence-electron chi connectivity index (χ3n) is 6.66. The van der Waals surface area contributed by atoms with E-state index in [-0.39, 0.29) is 7.33 Å². The Morgan fingerprint density at radius 1 is 1.12 bits per heavy atom. The first-order valence-corrected chi connectivity index (χ1v) is 12.1. The summed E-state index contributed by atoms with van der Waals surface area (Å²) in [5.74, 6) is 1.12. The third-order valence-corrected chi connectivity index (χ3v) is 7.19. The number of carbonyl (C=O) groups excluding carboxylic acids is 1. The Hall–Kier alpha value is -2.35. The van der Waals surface area contributed by atoms with Gasteiger partial charge in [0.2, 0.25) is 0 Å². The first kappa shape index (κ1) is 23.8. The number of amidine groups is 1. The Balaban J connectivity index is 0.00000324. The van der Waals surface area contributed by atoms with Crippen molar-refractivity contribution in [1.29, 1.82) is 5.41 Å². The maximum Gasteiger partial charge on any atom is 0.252 e. The number of pyridine rings is 1. The number of amides is 1. The number of carbonyl (C=O) groups is 1. The fraction of sp³-hybridized carbons (Fsp3) is 0.458. The molecule has 0 aliphatic carbocycles. The molecule has 178 valence electrons. The molecule has 2 aliphatic heterocycles. The minimum absolute atomic E-state index is 0. The van der Waals surface area contributed by atoms with Crippen molar-refractivity contribution >= 4 is 40.8 Å². The van der Waals surface area contributed by atoms with E-state index >= 15 is 0 Å². The van der Waals surface area contributed by atoms with E-state index in [0.29, 0.717) is 33.5 Å². The predicted molar refractivity (Wildman–Crippen MR) is 136 cm³/mol. The second-order valence-corrected chi connectivity index (χ2v) is 9.56. The van der Waals surface area contributed by atoms with Gasteiger partial charge >= 0.3 is 0 Å². The molecule has 2 aromatic rings. The molecule has 1 amide bonds. The quantitative estimate of drug-likeness (QED) is 0.500. The number of benzene rings is 1. The fourth-order valence-corrected chi connectivity index (χ4v) is 5.26. The molecule has 1 aromatic heterocycles. The lowest BCUT2D eigenvalue weighted by molar-refractivity contribution is 0.0884. The molecule has 0 unspecified atom stereocenters. The summed E-state index contributed by atoms with van der Waals surface area (Å²) < 4.78 is 0. The molecule has 1 atom stereocenters. The number of nitrogens with zero attached hydrogens (tertiary/aromatic N) is 4. The molecule has 2 aliphatic rings. The average molecular weight is 491 g/mol. The number of likely N-dealkylation sites (tertiary alicyclic amines) is 1. The zero-order chi connectivity index (χ0) is 23.5. The lowest BCUT2D eigenvalue weighted by Gasteiger charge is -2.47. The van der Waals surface area contributed by atoms with E-state index in [1.54, 1.807) is 19.3 Å². The Bertz CT molecular complexity index is 1010. The minimum atomic E-state index is -0.190. The predicted octanol–water partition coefficient (Wildman–Crippen LogP) is 3.99. The Morgan fingerprint density at radius 3 is 2.42 bits per heavy atom. The molecule has 3 heterocycles. The summed E-state index contributed by atoms with van der Waals surface area (Å²) in [6, 6.07) is 10.1. The van der Waals surface area contributed by atoms with Crippen molar-refractivity contribution < 1.29 is 6.22 Å². The van der Waals surface area contributed by atoms with Gasteiger partial charge in [-0.25, -0.2) is 4.98 Å². The van der Waals surface area contributed by atoms with E-state index < -0.39 is 0 Å². The topological polar surface area (TPSA) is 75.6 Å². The molecule has 2 N–H and O–H groups in total. The van der Waals surface area contributed by atoms with Gasteiger partial charge in [0, 0.05) is 70.1 Å². The van der Waals surface area contributed by atoms with Crippen LogP contribution in [0.5, 0.6) is 0 Å². The van der Waals surface area contributed by atoms with Crippen LogP contribution in [-0.2, 0) is 0 Å². The van der Waals surface area contributed by atoms with E-state index in [9.17, 15) is 4.79 Å². The first-order valence-electron chi connectivity index (χ1n) is 11.3. The maximum absolute atomic E-state index is 11.8. The first-order chi connectivity index (χ1) is 15.9. The molecule has 7 nitrogen and oxygen atoms in total. The molecule has 1 aromatic carbocycles. The van der Waals surface area contributed by atoms with Crippen molar-refractivity contribution in [3.8, 4) is 0 Å². The number of hydrogen-bond acceptors (Lipinski definition) is 5. The van der Waals surface area contributed by atoms with E-state index in [2.05, 4.69) is 31.9 Å². The van der Waals surface area contributed by atoms with Crippen molar-refractivity contribution in [1.82, 2.24) is 20.1 Å². The van der Waals surface area contributed by atoms with Gasteiger partial charge in [0.15, 0.2) is 0 Å². The number of aromatic nitrogens is 1. The number of nitrogens with one attached hydrogen (secondary N) is 2. The summed E-state index contributed by atoms with van der Waals surface area (Å²) in [4.78, 5) is 23.3. The third kappa shape index (κ3) is 5.26. The van der Waals surface area contributed by atoms with Crippen LogP contribution in [0.4, 0.5) is 5.82 Å². The normalized spacial score (nSPS) is 20.1. The maximum atomic E-state index is 11.8. The largest absolute Gasteiger partial charge is 0.356 e. The number of halogens is 2. The molecule has 0 spiro atoms. The second-order valence-electron chi connectivity index (χ2n) is 8.72. The molecule has 0 saturated carbocycles. The summed E-state index contributed by atoms with van der Waals surface area (Å²) in [5, 5.41) is 12.4. The van der Waals surface area contributed by atoms with Crippen LogP contribution >= 0.6 is 23.2 Å². The van der Waals surface area contributed by atoms with Crippen LogP contribution in [0.1, 0.15) is 37.1 Å². The Labute approximate surface area is 206 Å². The molecule has 33 heavy (non-hydrogen) atoms. The van der Waals surface area contributed by atoms with E-state index in [0.717, 1.165) is 56.9 Å². The Morgan fingerprint density at radius 2 is 1.82 bits per heavy atom. The Kier molecular flexibility index (Phi) is 7.41. The van der Waals surface area contributed by atoms with Crippen LogP contribution in [-0.4, -0.2) is 78.4 Å². The van der Waals surface area contributed by atoms with Crippen molar-refractivity contribution in [2.24, 2.45) is 0 Å². The van der Waals surface area contributed by atoms with Crippen molar-refractivity contribution in [3.63, 3.8) is 0 Å². The molecular formula is C24H32Cl2N6O. The van der Waals surface area contributed by atoms with Crippen LogP contribution in [0.3, 0.4) is 0 Å². The number of piperazine rings is 1. The minimum Gasteiger partial charge on any atom is -0.356 e. The van der Waals surface area contributed by atoms with E-state index in [1.807, 2.05) is 24.3 Å². The number of rotatable bonds is 4. The molecule has 0 bridgehead atoms. The van der Waals surface area contributed by atoms with Gasteiger partial charge in [-0.1, -0.05) is 23.2 Å².